The maximum Gasteiger partial charge on any atom is 0.164 e. The van der Waals surface area contributed by atoms with E-state index in [0.717, 1.165) is 33.2 Å². The highest BCUT2D eigenvalue weighted by Crippen LogP contribution is 2.45. The Hall–Kier alpha value is -7.79. The molecule has 0 bridgehead atoms. The van der Waals surface area contributed by atoms with Gasteiger partial charge >= 0.3 is 0 Å². The van der Waals surface area contributed by atoms with E-state index in [1.165, 1.54) is 69.4 Å². The fourth-order valence-corrected chi connectivity index (χ4v) is 10.1. The van der Waals surface area contributed by atoms with Crippen molar-refractivity contribution in [3.8, 4) is 67.5 Å². The molecule has 0 unspecified atom stereocenters. The first-order chi connectivity index (χ1) is 30.2. The number of fused-ring (bicyclic) bond motifs is 7. The van der Waals surface area contributed by atoms with Crippen molar-refractivity contribution in [2.45, 2.75) is 0 Å². The molecular weight excluding hydrogens is 759 g/mol. The summed E-state index contributed by atoms with van der Waals surface area (Å²) in [4.78, 5) is 15.5. The molecule has 2 heterocycles. The van der Waals surface area contributed by atoms with Crippen LogP contribution in [0.3, 0.4) is 0 Å². The van der Waals surface area contributed by atoms with Crippen LogP contribution in [0.4, 0.5) is 0 Å². The topological polar surface area (TPSA) is 38.7 Å². The van der Waals surface area contributed by atoms with E-state index >= 15 is 0 Å². The summed E-state index contributed by atoms with van der Waals surface area (Å²) in [6.45, 7) is 0. The summed E-state index contributed by atoms with van der Waals surface area (Å²) in [5, 5.41) is 9.84. The zero-order valence-corrected chi connectivity index (χ0v) is 33.8. The van der Waals surface area contributed by atoms with Gasteiger partial charge in [0, 0.05) is 42.4 Å². The molecule has 0 fully saturated rings. The lowest BCUT2D eigenvalue weighted by Gasteiger charge is -2.11. The summed E-state index contributed by atoms with van der Waals surface area (Å²) in [7, 11) is 0. The smallest absolute Gasteiger partial charge is 0.164 e. The van der Waals surface area contributed by atoms with Crippen LogP contribution in [-0.4, -0.2) is 15.0 Å². The molecule has 2 aromatic heterocycles. The first-order valence-electron chi connectivity index (χ1n) is 20.6. The van der Waals surface area contributed by atoms with Crippen molar-refractivity contribution < 1.29 is 0 Å². The number of nitrogens with zero attached hydrogens (tertiary/aromatic N) is 3. The Morgan fingerprint density at radius 3 is 1.61 bits per heavy atom. The van der Waals surface area contributed by atoms with Crippen LogP contribution < -0.4 is 0 Å². The quantitative estimate of drug-likeness (QED) is 0.168. The van der Waals surface area contributed by atoms with Gasteiger partial charge in [0.2, 0.25) is 0 Å². The lowest BCUT2D eigenvalue weighted by Crippen LogP contribution is -2.00. The van der Waals surface area contributed by atoms with Crippen LogP contribution in [0, 0.1) is 0 Å². The molecule has 0 amide bonds. The predicted molar refractivity (Wildman–Crippen MR) is 258 cm³/mol. The standard InChI is InChI=1S/C57H35N3S/c1-2-12-36(13-3-1)42-19-10-20-44(32-42)55-58-56(45-29-24-37-14-4-5-16-41(37)33-45)60-57(59-55)46-30-31-50-52(35-46)61-54-51(34-43-17-7-9-22-49(43)53(50)54)40-27-25-39(26-28-40)48-23-11-18-38-15-6-8-21-47(38)48/h1-35H. The Labute approximate surface area is 356 Å². The second-order valence-corrected chi connectivity index (χ2v) is 16.6. The summed E-state index contributed by atoms with van der Waals surface area (Å²) in [6, 6.07) is 75.9. The van der Waals surface area contributed by atoms with Gasteiger partial charge in [-0.2, -0.15) is 0 Å². The van der Waals surface area contributed by atoms with Crippen molar-refractivity contribution in [2.24, 2.45) is 0 Å². The van der Waals surface area contributed by atoms with E-state index in [4.69, 9.17) is 15.0 Å². The van der Waals surface area contributed by atoms with Crippen LogP contribution in [0.1, 0.15) is 0 Å². The Morgan fingerprint density at radius 1 is 0.279 bits per heavy atom. The first-order valence-corrected chi connectivity index (χ1v) is 21.4. The minimum Gasteiger partial charge on any atom is -0.208 e. The molecule has 0 saturated heterocycles. The third kappa shape index (κ3) is 6.24. The minimum atomic E-state index is 0.641. The van der Waals surface area contributed by atoms with Crippen LogP contribution in [0.25, 0.3) is 120 Å². The van der Waals surface area contributed by atoms with Gasteiger partial charge in [-0.15, -0.1) is 11.3 Å². The number of benzene rings is 10. The van der Waals surface area contributed by atoms with E-state index in [-0.39, 0.29) is 0 Å². The minimum absolute atomic E-state index is 0.641. The molecule has 10 aromatic carbocycles. The molecule has 12 aromatic rings. The molecule has 0 saturated carbocycles. The predicted octanol–water partition coefficient (Wildman–Crippen LogP) is 15.7. The monoisotopic (exact) mass is 793 g/mol. The van der Waals surface area contributed by atoms with Crippen LogP contribution in [0.5, 0.6) is 0 Å². The highest BCUT2D eigenvalue weighted by molar-refractivity contribution is 7.26. The van der Waals surface area contributed by atoms with E-state index in [0.29, 0.717) is 17.5 Å². The van der Waals surface area contributed by atoms with Crippen molar-refractivity contribution in [1.29, 1.82) is 0 Å². The molecule has 4 heteroatoms. The highest BCUT2D eigenvalue weighted by Gasteiger charge is 2.18. The van der Waals surface area contributed by atoms with Crippen molar-refractivity contribution in [1.82, 2.24) is 15.0 Å². The van der Waals surface area contributed by atoms with E-state index in [1.54, 1.807) is 0 Å². The highest BCUT2D eigenvalue weighted by atomic mass is 32.1. The van der Waals surface area contributed by atoms with Gasteiger partial charge in [-0.3, -0.25) is 0 Å². The summed E-state index contributed by atoms with van der Waals surface area (Å²) in [6.07, 6.45) is 0. The van der Waals surface area contributed by atoms with Gasteiger partial charge in [0.1, 0.15) is 0 Å². The Balaban J connectivity index is 1.01. The second kappa shape index (κ2) is 14.5. The lowest BCUT2D eigenvalue weighted by molar-refractivity contribution is 1.08. The average Bonchev–Trinajstić information content (AvgIpc) is 3.73. The zero-order chi connectivity index (χ0) is 40.3. The fourth-order valence-electron chi connectivity index (χ4n) is 8.85. The number of thiophene rings is 1. The molecule has 0 atom stereocenters. The van der Waals surface area contributed by atoms with Gasteiger partial charge in [-0.1, -0.05) is 188 Å². The molecule has 0 N–H and O–H groups in total. The van der Waals surface area contributed by atoms with E-state index in [1.807, 2.05) is 17.4 Å². The van der Waals surface area contributed by atoms with Gasteiger partial charge < -0.3 is 0 Å². The van der Waals surface area contributed by atoms with Gasteiger partial charge in [0.25, 0.3) is 0 Å². The van der Waals surface area contributed by atoms with Crippen LogP contribution in [-0.2, 0) is 0 Å². The maximum atomic E-state index is 5.21. The molecule has 61 heavy (non-hydrogen) atoms. The largest absolute Gasteiger partial charge is 0.208 e. The number of aromatic nitrogens is 3. The van der Waals surface area contributed by atoms with Gasteiger partial charge in [0.15, 0.2) is 17.5 Å². The number of rotatable bonds is 6. The third-order valence-electron chi connectivity index (χ3n) is 11.9. The van der Waals surface area contributed by atoms with Crippen molar-refractivity contribution in [3.05, 3.63) is 212 Å². The molecule has 0 aliphatic carbocycles. The molecule has 3 nitrogen and oxygen atoms in total. The van der Waals surface area contributed by atoms with Crippen LogP contribution in [0.2, 0.25) is 0 Å². The molecular formula is C57H35N3S. The maximum absolute atomic E-state index is 5.21. The average molecular weight is 794 g/mol. The fraction of sp³-hybridized carbons (Fsp3) is 0. The van der Waals surface area contributed by atoms with Gasteiger partial charge in [0.05, 0.1) is 0 Å². The molecule has 0 aliphatic heterocycles. The molecule has 12 rings (SSSR count). The molecule has 0 aliphatic rings. The van der Waals surface area contributed by atoms with Crippen molar-refractivity contribution in [3.63, 3.8) is 0 Å². The summed E-state index contributed by atoms with van der Waals surface area (Å²) < 4.78 is 2.47. The second-order valence-electron chi connectivity index (χ2n) is 15.6. The van der Waals surface area contributed by atoms with Gasteiger partial charge in [-0.25, -0.2) is 15.0 Å². The Morgan fingerprint density at radius 2 is 0.820 bits per heavy atom. The molecule has 0 radical (unpaired) electrons. The number of hydrogen-bond donors (Lipinski definition) is 0. The normalized spacial score (nSPS) is 11.6. The zero-order valence-electron chi connectivity index (χ0n) is 33.0. The molecule has 284 valence electrons. The van der Waals surface area contributed by atoms with E-state index in [9.17, 15) is 0 Å². The molecule has 0 spiro atoms. The Kier molecular flexibility index (Phi) is 8.36. The summed E-state index contributed by atoms with van der Waals surface area (Å²) in [5.41, 5.74) is 10.0. The number of hydrogen-bond acceptors (Lipinski definition) is 4. The summed E-state index contributed by atoms with van der Waals surface area (Å²) in [5.74, 6) is 1.93. The van der Waals surface area contributed by atoms with Crippen LogP contribution >= 0.6 is 11.3 Å². The first kappa shape index (κ1) is 35.2. The summed E-state index contributed by atoms with van der Waals surface area (Å²) >= 11 is 1.84. The van der Waals surface area contributed by atoms with Crippen LogP contribution in [0.15, 0.2) is 212 Å². The van der Waals surface area contributed by atoms with Crippen molar-refractivity contribution >= 4 is 63.8 Å². The Bertz CT molecular complexity index is 3640. The van der Waals surface area contributed by atoms with Gasteiger partial charge in [-0.05, 0) is 84.4 Å². The van der Waals surface area contributed by atoms with Crippen molar-refractivity contribution in [2.75, 3.05) is 0 Å². The van der Waals surface area contributed by atoms with E-state index in [2.05, 4.69) is 206 Å². The lowest BCUT2D eigenvalue weighted by atomic mass is 9.94. The van der Waals surface area contributed by atoms with E-state index < -0.39 is 0 Å². The third-order valence-corrected chi connectivity index (χ3v) is 13.1. The SMILES string of the molecule is c1ccc(-c2cccc(-c3nc(-c4ccc5ccccc5c4)nc(-c4ccc5c(c4)sc4c(-c6ccc(-c7cccc8ccccc78)cc6)cc6ccccc6c45)n3)c2)cc1.